The Morgan fingerprint density at radius 3 is 2.19 bits per heavy atom. The summed E-state index contributed by atoms with van der Waals surface area (Å²) in [5.74, 6) is 0.0486. The molecule has 1 aromatic heterocycles. The van der Waals surface area contributed by atoms with Crippen LogP contribution in [0, 0.1) is 0 Å². The van der Waals surface area contributed by atoms with Crippen LogP contribution in [0.1, 0.15) is 40.5 Å². The summed E-state index contributed by atoms with van der Waals surface area (Å²) >= 11 is 0. The number of benzene rings is 2. The number of nitrogens with zero attached hydrogens (tertiary/aromatic N) is 4. The zero-order valence-electron chi connectivity index (χ0n) is 24.8. The number of hydrogen-bond donors (Lipinski definition) is 1. The van der Waals surface area contributed by atoms with E-state index in [1.165, 1.54) is 4.31 Å². The summed E-state index contributed by atoms with van der Waals surface area (Å²) in [6, 6.07) is 20.2. The summed E-state index contributed by atoms with van der Waals surface area (Å²) in [6.07, 6.45) is 3.40. The van der Waals surface area contributed by atoms with Crippen LogP contribution in [0.25, 0.3) is 22.5 Å². The molecule has 1 aliphatic heterocycles. The summed E-state index contributed by atoms with van der Waals surface area (Å²) < 4.78 is 39.6. The predicted molar refractivity (Wildman–Crippen MR) is 164 cm³/mol. The van der Waals surface area contributed by atoms with Gasteiger partial charge in [-0.25, -0.2) is 9.71 Å². The first-order chi connectivity index (χ1) is 20.1. The zero-order valence-corrected chi connectivity index (χ0v) is 25.6. The van der Waals surface area contributed by atoms with Crippen molar-refractivity contribution in [1.29, 1.82) is 0 Å². The highest BCUT2D eigenvalue weighted by Crippen LogP contribution is 2.31. The van der Waals surface area contributed by atoms with E-state index in [0.29, 0.717) is 26.2 Å². The molecule has 42 heavy (non-hydrogen) atoms. The van der Waals surface area contributed by atoms with Crippen molar-refractivity contribution in [1.82, 2.24) is 19.0 Å². The quantitative estimate of drug-likeness (QED) is 0.294. The lowest BCUT2D eigenvalue weighted by Gasteiger charge is -2.31. The molecule has 1 fully saturated rings. The average Bonchev–Trinajstić information content (AvgIpc) is 3.52. The number of amides is 1. The molecule has 0 spiro atoms. The van der Waals surface area contributed by atoms with Gasteiger partial charge in [0.1, 0.15) is 12.4 Å². The van der Waals surface area contributed by atoms with Crippen molar-refractivity contribution in [3.8, 4) is 22.5 Å². The average molecular weight is 596 g/mol. The van der Waals surface area contributed by atoms with Crippen molar-refractivity contribution in [3.05, 3.63) is 66.9 Å². The standard InChI is InChI=1S/C31H41N5O5S/c1-24(2)36(19-20-41-31(3,4)23-40-22-28(37)34-42(38,39)35-17-11-12-18-35)27-21-32-29(25-13-7-5-8-14-25)30(33-27)26-15-9-6-10-16-26/h5-10,13-16,21,24H,11-12,17-20,22-23H2,1-4H3,(H,34,37). The fourth-order valence-corrected chi connectivity index (χ4v) is 5.99. The van der Waals surface area contributed by atoms with Gasteiger partial charge in [0.2, 0.25) is 0 Å². The molecular weight excluding hydrogens is 554 g/mol. The minimum Gasteiger partial charge on any atom is -0.371 e. The van der Waals surface area contributed by atoms with Crippen LogP contribution >= 0.6 is 0 Å². The first-order valence-electron chi connectivity index (χ1n) is 14.3. The van der Waals surface area contributed by atoms with Crippen molar-refractivity contribution < 1.29 is 22.7 Å². The van der Waals surface area contributed by atoms with E-state index in [1.54, 1.807) is 6.20 Å². The number of hydrogen-bond acceptors (Lipinski definition) is 8. The van der Waals surface area contributed by atoms with E-state index < -0.39 is 21.7 Å². The molecule has 4 rings (SSSR count). The van der Waals surface area contributed by atoms with E-state index in [9.17, 15) is 13.2 Å². The molecule has 0 bridgehead atoms. The molecule has 0 saturated carbocycles. The fourth-order valence-electron chi connectivity index (χ4n) is 4.78. The van der Waals surface area contributed by atoms with Crippen LogP contribution in [0.4, 0.5) is 5.82 Å². The van der Waals surface area contributed by atoms with Gasteiger partial charge in [0.15, 0.2) is 0 Å². The maximum absolute atomic E-state index is 12.3. The van der Waals surface area contributed by atoms with E-state index in [0.717, 1.165) is 41.2 Å². The lowest BCUT2D eigenvalue weighted by Crippen LogP contribution is -2.44. The number of carbonyl (C=O) groups excluding carboxylic acids is 1. The van der Waals surface area contributed by atoms with Crippen molar-refractivity contribution in [2.24, 2.45) is 0 Å². The lowest BCUT2D eigenvalue weighted by molar-refractivity contribution is -0.128. The van der Waals surface area contributed by atoms with Crippen LogP contribution in [-0.2, 0) is 24.5 Å². The van der Waals surface area contributed by atoms with E-state index in [-0.39, 0.29) is 19.3 Å². The van der Waals surface area contributed by atoms with Gasteiger partial charge in [-0.05, 0) is 40.5 Å². The van der Waals surface area contributed by atoms with Crippen molar-refractivity contribution in [3.63, 3.8) is 0 Å². The SMILES string of the molecule is CC(C)N(CCOC(C)(C)COCC(=O)NS(=O)(=O)N1CCCC1)c1cnc(-c2ccccc2)c(-c2ccccc2)n1. The molecule has 3 aromatic rings. The third-order valence-corrected chi connectivity index (χ3v) is 8.46. The van der Waals surface area contributed by atoms with Crippen LogP contribution in [0.2, 0.25) is 0 Å². The molecule has 2 aromatic carbocycles. The Hall–Kier alpha value is -3.38. The number of nitrogens with one attached hydrogen (secondary N) is 1. The van der Waals surface area contributed by atoms with Gasteiger partial charge < -0.3 is 14.4 Å². The molecule has 226 valence electrons. The monoisotopic (exact) mass is 595 g/mol. The number of carbonyl (C=O) groups is 1. The molecule has 1 N–H and O–H groups in total. The summed E-state index contributed by atoms with van der Waals surface area (Å²) in [4.78, 5) is 24.2. The Labute approximate surface area is 249 Å². The van der Waals surface area contributed by atoms with Gasteiger partial charge >= 0.3 is 10.2 Å². The van der Waals surface area contributed by atoms with E-state index in [4.69, 9.17) is 19.4 Å². The second-order valence-electron chi connectivity index (χ2n) is 11.2. The van der Waals surface area contributed by atoms with Gasteiger partial charge in [-0.1, -0.05) is 60.7 Å². The minimum absolute atomic E-state index is 0.121. The highest BCUT2D eigenvalue weighted by atomic mass is 32.2. The van der Waals surface area contributed by atoms with Gasteiger partial charge in [0.05, 0.1) is 36.4 Å². The molecule has 0 radical (unpaired) electrons. The number of aromatic nitrogens is 2. The van der Waals surface area contributed by atoms with Gasteiger partial charge in [0, 0.05) is 36.8 Å². The largest absolute Gasteiger partial charge is 0.371 e. The van der Waals surface area contributed by atoms with E-state index in [1.807, 2.05) is 74.5 Å². The topological polar surface area (TPSA) is 114 Å². The Kier molecular flexibility index (Phi) is 10.7. The zero-order chi connectivity index (χ0) is 30.2. The Bertz CT molecular complexity index is 1410. The summed E-state index contributed by atoms with van der Waals surface area (Å²) in [6.45, 7) is 9.47. The summed E-state index contributed by atoms with van der Waals surface area (Å²) in [5, 5.41) is 0. The molecule has 0 unspecified atom stereocenters. The Balaban J connectivity index is 1.36. The van der Waals surface area contributed by atoms with Crippen LogP contribution < -0.4 is 9.62 Å². The van der Waals surface area contributed by atoms with Crippen molar-refractivity contribution in [2.75, 3.05) is 44.4 Å². The van der Waals surface area contributed by atoms with Gasteiger partial charge in [-0.15, -0.1) is 0 Å². The number of ether oxygens (including phenoxy) is 2. The highest BCUT2D eigenvalue weighted by Gasteiger charge is 2.27. The molecule has 11 heteroatoms. The first-order valence-corrected chi connectivity index (χ1v) is 15.8. The van der Waals surface area contributed by atoms with Crippen LogP contribution in [-0.4, -0.2) is 79.7 Å². The van der Waals surface area contributed by atoms with Crippen LogP contribution in [0.3, 0.4) is 0 Å². The molecule has 1 saturated heterocycles. The first kappa shape index (κ1) is 31.6. The van der Waals surface area contributed by atoms with Gasteiger partial charge in [0.25, 0.3) is 5.91 Å². The number of anilines is 1. The van der Waals surface area contributed by atoms with Gasteiger partial charge in [-0.2, -0.15) is 12.7 Å². The van der Waals surface area contributed by atoms with Crippen molar-refractivity contribution in [2.45, 2.75) is 52.2 Å². The third kappa shape index (κ3) is 8.57. The molecule has 1 aliphatic rings. The molecule has 1 amide bonds. The maximum Gasteiger partial charge on any atom is 0.303 e. The van der Waals surface area contributed by atoms with Crippen LogP contribution in [0.15, 0.2) is 66.9 Å². The highest BCUT2D eigenvalue weighted by molar-refractivity contribution is 7.87. The van der Waals surface area contributed by atoms with E-state index in [2.05, 4.69) is 23.5 Å². The molecule has 10 nitrogen and oxygen atoms in total. The fraction of sp³-hybridized carbons (Fsp3) is 0.452. The van der Waals surface area contributed by atoms with Gasteiger partial charge in [-0.3, -0.25) is 9.78 Å². The van der Waals surface area contributed by atoms with E-state index >= 15 is 0 Å². The lowest BCUT2D eigenvalue weighted by atomic mass is 10.0. The molecular formula is C31H41N5O5S. The Morgan fingerprint density at radius 1 is 1.00 bits per heavy atom. The Morgan fingerprint density at radius 2 is 1.60 bits per heavy atom. The third-order valence-electron chi connectivity index (χ3n) is 6.93. The molecule has 2 heterocycles. The molecule has 0 atom stereocenters. The summed E-state index contributed by atoms with van der Waals surface area (Å²) in [5.41, 5.74) is 2.92. The smallest absolute Gasteiger partial charge is 0.303 e. The minimum atomic E-state index is -3.82. The predicted octanol–water partition coefficient (Wildman–Crippen LogP) is 4.29. The second-order valence-corrected chi connectivity index (χ2v) is 12.9. The van der Waals surface area contributed by atoms with Crippen molar-refractivity contribution >= 4 is 21.9 Å². The molecule has 0 aliphatic carbocycles. The summed E-state index contributed by atoms with van der Waals surface area (Å²) in [7, 11) is -3.82. The second kappa shape index (κ2) is 14.2. The normalized spacial score (nSPS) is 14.3. The van der Waals surface area contributed by atoms with Crippen LogP contribution in [0.5, 0.6) is 0 Å². The number of rotatable bonds is 14. The maximum atomic E-state index is 12.3.